The van der Waals surface area contributed by atoms with Crippen LogP contribution in [0.2, 0.25) is 0 Å². The molecule has 4 N–H and O–H groups in total. The van der Waals surface area contributed by atoms with Gasteiger partial charge in [0, 0.05) is 6.42 Å². The minimum Gasteiger partial charge on any atom is -1.00 e. The van der Waals surface area contributed by atoms with Gasteiger partial charge in [0.15, 0.2) is 0 Å². The van der Waals surface area contributed by atoms with Crippen LogP contribution in [0.1, 0.15) is 20.7 Å². The van der Waals surface area contributed by atoms with Crippen LogP contribution in [0.25, 0.3) is 0 Å². The van der Waals surface area contributed by atoms with E-state index < -0.39 is 18.0 Å². The second kappa shape index (κ2) is 7.54. The second-order valence-electron chi connectivity index (χ2n) is 2.23. The van der Waals surface area contributed by atoms with Gasteiger partial charge in [-0.1, -0.05) is 0 Å². The van der Waals surface area contributed by atoms with Gasteiger partial charge in [-0.05, 0) is 12.8 Å². The van der Waals surface area contributed by atoms with Crippen molar-refractivity contribution in [3.05, 3.63) is 0 Å². The van der Waals surface area contributed by atoms with Crippen LogP contribution in [-0.2, 0) is 9.59 Å². The van der Waals surface area contributed by atoms with Crippen molar-refractivity contribution < 1.29 is 50.8 Å². The Morgan fingerprint density at radius 1 is 1.42 bits per heavy atom. The van der Waals surface area contributed by atoms with E-state index in [2.05, 4.69) is 0 Å². The number of hydrogen-bond donors (Lipinski definition) is 3. The van der Waals surface area contributed by atoms with E-state index in [9.17, 15) is 9.59 Å². The molecular weight excluding hydrogens is 173 g/mol. The number of carbonyl (C=O) groups is 2. The first kappa shape index (κ1) is 14.4. The summed E-state index contributed by atoms with van der Waals surface area (Å²) in [5.41, 5.74) is 5.11. The summed E-state index contributed by atoms with van der Waals surface area (Å²) in [6, 6.07) is -0.936. The standard InChI is InChI=1S/C6H11NO4.Na.H/c7-4(6(10)11)2-1-3-5(8)9;;/h4H,1-3,7H2,(H,8,9)(H,10,11);;/q;+1;-1/t4-;;/m0../s1. The zero-order valence-electron chi connectivity index (χ0n) is 7.99. The summed E-state index contributed by atoms with van der Waals surface area (Å²) in [6.07, 6.45) is 0.491. The van der Waals surface area contributed by atoms with Gasteiger partial charge in [-0.15, -0.1) is 0 Å². The predicted molar refractivity (Wildman–Crippen MR) is 38.2 cm³/mol. The third kappa shape index (κ3) is 8.00. The van der Waals surface area contributed by atoms with Crippen LogP contribution in [0.15, 0.2) is 0 Å². The molecule has 5 nitrogen and oxygen atoms in total. The molecule has 0 aromatic heterocycles. The van der Waals surface area contributed by atoms with Crippen molar-refractivity contribution in [2.75, 3.05) is 0 Å². The topological polar surface area (TPSA) is 101 Å². The summed E-state index contributed by atoms with van der Waals surface area (Å²) in [6.45, 7) is 0. The Labute approximate surface area is 93.7 Å². The maximum atomic E-state index is 10.1. The van der Waals surface area contributed by atoms with E-state index in [4.69, 9.17) is 15.9 Å². The third-order valence-electron chi connectivity index (χ3n) is 1.22. The number of carboxylic acids is 2. The summed E-state index contributed by atoms with van der Waals surface area (Å²) in [5.74, 6) is -2.02. The average molecular weight is 185 g/mol. The van der Waals surface area contributed by atoms with E-state index in [0.29, 0.717) is 6.42 Å². The summed E-state index contributed by atoms with van der Waals surface area (Å²) in [7, 11) is 0. The smallest absolute Gasteiger partial charge is 1.00 e. The molecule has 0 radical (unpaired) electrons. The molecule has 0 aliphatic heterocycles. The average Bonchev–Trinajstić information content (AvgIpc) is 1.86. The Balaban J connectivity index is -0.000000500. The Bertz CT molecular complexity index is 167. The molecule has 12 heavy (non-hydrogen) atoms. The van der Waals surface area contributed by atoms with Gasteiger partial charge in [0.2, 0.25) is 0 Å². The molecule has 0 unspecified atom stereocenters. The predicted octanol–water partition coefficient (Wildman–Crippen LogP) is -3.23. The van der Waals surface area contributed by atoms with E-state index >= 15 is 0 Å². The molecule has 0 rings (SSSR count). The number of hydrogen-bond acceptors (Lipinski definition) is 3. The zero-order valence-corrected chi connectivity index (χ0v) is 8.99. The van der Waals surface area contributed by atoms with Crippen molar-refractivity contribution in [3.8, 4) is 0 Å². The molecule has 0 aliphatic rings. The van der Waals surface area contributed by atoms with Crippen LogP contribution in [-0.4, -0.2) is 28.2 Å². The van der Waals surface area contributed by atoms with E-state index in [0.717, 1.165) is 0 Å². The fourth-order valence-corrected chi connectivity index (χ4v) is 0.597. The van der Waals surface area contributed by atoms with Gasteiger partial charge in [0.1, 0.15) is 6.04 Å². The van der Waals surface area contributed by atoms with Gasteiger partial charge in [0.05, 0.1) is 0 Å². The van der Waals surface area contributed by atoms with Crippen molar-refractivity contribution in [3.63, 3.8) is 0 Å². The molecule has 0 saturated heterocycles. The van der Waals surface area contributed by atoms with Crippen LogP contribution in [0.4, 0.5) is 0 Å². The first-order chi connectivity index (χ1) is 5.04. The fourth-order valence-electron chi connectivity index (χ4n) is 0.597. The van der Waals surface area contributed by atoms with Crippen LogP contribution in [0, 0.1) is 0 Å². The van der Waals surface area contributed by atoms with Crippen LogP contribution in [0.5, 0.6) is 0 Å². The Kier molecular flexibility index (Phi) is 9.07. The maximum Gasteiger partial charge on any atom is 1.00 e. The second-order valence-corrected chi connectivity index (χ2v) is 2.23. The molecule has 0 fully saturated rings. The first-order valence-electron chi connectivity index (χ1n) is 3.24. The van der Waals surface area contributed by atoms with Gasteiger partial charge in [-0.3, -0.25) is 9.59 Å². The zero-order chi connectivity index (χ0) is 8.85. The molecule has 0 aromatic rings. The molecule has 0 spiro atoms. The Morgan fingerprint density at radius 3 is 2.25 bits per heavy atom. The van der Waals surface area contributed by atoms with E-state index in [-0.39, 0.29) is 43.8 Å². The molecular formula is C6H12NNaO4. The van der Waals surface area contributed by atoms with E-state index in [1.165, 1.54) is 0 Å². The number of aliphatic carboxylic acids is 2. The third-order valence-corrected chi connectivity index (χ3v) is 1.22. The van der Waals surface area contributed by atoms with E-state index in [1.807, 2.05) is 0 Å². The van der Waals surface area contributed by atoms with Crippen LogP contribution < -0.4 is 35.3 Å². The van der Waals surface area contributed by atoms with Gasteiger partial charge >= 0.3 is 41.5 Å². The monoisotopic (exact) mass is 185 g/mol. The quantitative estimate of drug-likeness (QED) is 0.391. The SMILES string of the molecule is N[C@@H](CCCC(=O)O)C(=O)O.[H-].[Na+]. The molecule has 0 bridgehead atoms. The number of rotatable bonds is 5. The molecule has 66 valence electrons. The molecule has 0 heterocycles. The van der Waals surface area contributed by atoms with E-state index in [1.54, 1.807) is 0 Å². The molecule has 6 heteroatoms. The Hall–Kier alpha value is -0.100. The fraction of sp³-hybridized carbons (Fsp3) is 0.667. The molecule has 0 aliphatic carbocycles. The first-order valence-corrected chi connectivity index (χ1v) is 3.24. The van der Waals surface area contributed by atoms with Crippen molar-refractivity contribution >= 4 is 11.9 Å². The summed E-state index contributed by atoms with van der Waals surface area (Å²) in [4.78, 5) is 20.1. The molecule has 0 aromatic carbocycles. The largest absolute Gasteiger partial charge is 1.00 e. The van der Waals surface area contributed by atoms with Crippen LogP contribution >= 0.6 is 0 Å². The molecule has 1 atom stereocenters. The minimum atomic E-state index is -1.09. The van der Waals surface area contributed by atoms with Gasteiger partial charge < -0.3 is 17.4 Å². The molecule has 0 amide bonds. The number of carboxylic acid groups (broad SMARTS) is 2. The van der Waals surface area contributed by atoms with Gasteiger partial charge in [-0.2, -0.15) is 0 Å². The normalized spacial score (nSPS) is 11.4. The van der Waals surface area contributed by atoms with Crippen molar-refractivity contribution in [1.29, 1.82) is 0 Å². The molecule has 0 saturated carbocycles. The Morgan fingerprint density at radius 2 is 1.92 bits per heavy atom. The summed E-state index contributed by atoms with van der Waals surface area (Å²) < 4.78 is 0. The summed E-state index contributed by atoms with van der Waals surface area (Å²) >= 11 is 0. The number of nitrogens with two attached hydrogens (primary N) is 1. The van der Waals surface area contributed by atoms with Gasteiger partial charge in [0.25, 0.3) is 0 Å². The maximum absolute atomic E-state index is 10.1. The van der Waals surface area contributed by atoms with Crippen molar-refractivity contribution in [2.45, 2.75) is 25.3 Å². The van der Waals surface area contributed by atoms with Crippen molar-refractivity contribution in [2.24, 2.45) is 5.73 Å². The van der Waals surface area contributed by atoms with Crippen molar-refractivity contribution in [1.82, 2.24) is 0 Å². The van der Waals surface area contributed by atoms with Crippen LogP contribution in [0.3, 0.4) is 0 Å². The van der Waals surface area contributed by atoms with Gasteiger partial charge in [-0.25, -0.2) is 0 Å². The minimum absolute atomic E-state index is 0. The summed E-state index contributed by atoms with van der Waals surface area (Å²) in [5, 5.41) is 16.5.